The lowest BCUT2D eigenvalue weighted by Gasteiger charge is -2.17. The van der Waals surface area contributed by atoms with Gasteiger partial charge in [0, 0.05) is 12.1 Å². The molecule has 2 rings (SSSR count). The van der Waals surface area contributed by atoms with E-state index in [0.717, 1.165) is 31.9 Å². The molecule has 10 heteroatoms. The molecule has 0 saturated heterocycles. The standard InChI is InChI=1S/C15H20F3N3O3S/c1-25(23,24)21-13-12(8-11(9-19-13)15(16,17)18)20-14(22)10-6-4-2-3-5-7-10/h8-10H,2-7H2,1H3,(H,19,21)(H,20,22). The van der Waals surface area contributed by atoms with Gasteiger partial charge in [0.05, 0.1) is 17.5 Å². The van der Waals surface area contributed by atoms with Crippen molar-refractivity contribution in [2.45, 2.75) is 44.7 Å². The molecule has 1 amide bonds. The largest absolute Gasteiger partial charge is 0.417 e. The fraction of sp³-hybridized carbons (Fsp3) is 0.600. The first-order chi connectivity index (χ1) is 11.6. The number of sulfonamides is 1. The molecular formula is C15H20F3N3O3S. The normalized spacial score (nSPS) is 17.0. The number of nitrogens with zero attached hydrogens (tertiary/aromatic N) is 1. The molecule has 0 aromatic carbocycles. The summed E-state index contributed by atoms with van der Waals surface area (Å²) in [6.45, 7) is 0. The van der Waals surface area contributed by atoms with E-state index in [9.17, 15) is 26.4 Å². The van der Waals surface area contributed by atoms with E-state index < -0.39 is 27.7 Å². The predicted octanol–water partition coefficient (Wildman–Crippen LogP) is 3.38. The van der Waals surface area contributed by atoms with Gasteiger partial charge in [-0.15, -0.1) is 0 Å². The Balaban J connectivity index is 2.29. The predicted molar refractivity (Wildman–Crippen MR) is 87.5 cm³/mol. The number of aromatic nitrogens is 1. The number of anilines is 2. The van der Waals surface area contributed by atoms with Crippen LogP contribution < -0.4 is 10.0 Å². The lowest BCUT2D eigenvalue weighted by atomic mass is 9.99. The Labute approximate surface area is 144 Å². The minimum atomic E-state index is -4.65. The smallest absolute Gasteiger partial charge is 0.323 e. The van der Waals surface area contributed by atoms with Crippen molar-refractivity contribution in [1.29, 1.82) is 0 Å². The van der Waals surface area contributed by atoms with Gasteiger partial charge in [-0.2, -0.15) is 13.2 Å². The number of pyridine rings is 1. The Morgan fingerprint density at radius 2 is 1.80 bits per heavy atom. The van der Waals surface area contributed by atoms with Crippen LogP contribution in [0, 0.1) is 5.92 Å². The summed E-state index contributed by atoms with van der Waals surface area (Å²) in [5.41, 5.74) is -1.36. The van der Waals surface area contributed by atoms with Gasteiger partial charge >= 0.3 is 6.18 Å². The van der Waals surface area contributed by atoms with Gasteiger partial charge in [-0.05, 0) is 18.9 Å². The Morgan fingerprint density at radius 3 is 2.32 bits per heavy atom. The molecule has 0 spiro atoms. The van der Waals surface area contributed by atoms with Gasteiger partial charge in [-0.1, -0.05) is 25.7 Å². The molecule has 0 aliphatic heterocycles. The average molecular weight is 379 g/mol. The molecule has 1 heterocycles. The van der Waals surface area contributed by atoms with Crippen molar-refractivity contribution in [2.24, 2.45) is 5.92 Å². The van der Waals surface area contributed by atoms with Crippen LogP contribution in [0.25, 0.3) is 0 Å². The zero-order valence-corrected chi connectivity index (χ0v) is 14.5. The van der Waals surface area contributed by atoms with Crippen LogP contribution in [0.1, 0.15) is 44.1 Å². The molecule has 1 saturated carbocycles. The summed E-state index contributed by atoms with van der Waals surface area (Å²) in [5, 5.41) is 2.41. The highest BCUT2D eigenvalue weighted by molar-refractivity contribution is 7.92. The second kappa shape index (κ2) is 7.59. The summed E-state index contributed by atoms with van der Waals surface area (Å²) >= 11 is 0. The quantitative estimate of drug-likeness (QED) is 0.785. The van der Waals surface area contributed by atoms with E-state index >= 15 is 0 Å². The van der Waals surface area contributed by atoms with Crippen LogP contribution in [-0.4, -0.2) is 25.6 Å². The van der Waals surface area contributed by atoms with E-state index in [0.29, 0.717) is 25.1 Å². The van der Waals surface area contributed by atoms with Crippen molar-refractivity contribution in [3.8, 4) is 0 Å². The summed E-state index contributed by atoms with van der Waals surface area (Å²) in [6, 6.07) is 0.690. The minimum absolute atomic E-state index is 0.297. The summed E-state index contributed by atoms with van der Waals surface area (Å²) in [5.74, 6) is -1.06. The number of carbonyl (C=O) groups excluding carboxylic acids is 1. The van der Waals surface area contributed by atoms with Crippen molar-refractivity contribution in [2.75, 3.05) is 16.3 Å². The highest BCUT2D eigenvalue weighted by Crippen LogP contribution is 2.33. The van der Waals surface area contributed by atoms with Crippen LogP contribution in [0.3, 0.4) is 0 Å². The average Bonchev–Trinajstić information content (AvgIpc) is 2.75. The minimum Gasteiger partial charge on any atom is -0.323 e. The number of amides is 1. The zero-order valence-electron chi connectivity index (χ0n) is 13.7. The van der Waals surface area contributed by atoms with Gasteiger partial charge < -0.3 is 5.32 Å². The molecule has 1 aromatic rings. The van der Waals surface area contributed by atoms with Gasteiger partial charge in [0.25, 0.3) is 0 Å². The number of hydrogen-bond acceptors (Lipinski definition) is 4. The van der Waals surface area contributed by atoms with E-state index in [1.807, 2.05) is 4.72 Å². The molecular weight excluding hydrogens is 359 g/mol. The third-order valence-electron chi connectivity index (χ3n) is 3.98. The maximum absolute atomic E-state index is 12.9. The Bertz CT molecular complexity index is 727. The van der Waals surface area contributed by atoms with Gasteiger partial charge in [0.2, 0.25) is 15.9 Å². The van der Waals surface area contributed by atoms with E-state index in [4.69, 9.17) is 0 Å². The summed E-state index contributed by atoms with van der Waals surface area (Å²) in [7, 11) is -3.76. The van der Waals surface area contributed by atoms with Gasteiger partial charge in [-0.3, -0.25) is 9.52 Å². The number of alkyl halides is 3. The number of rotatable bonds is 4. The van der Waals surface area contributed by atoms with Crippen LogP contribution in [-0.2, 0) is 21.0 Å². The van der Waals surface area contributed by atoms with Gasteiger partial charge in [0.15, 0.2) is 5.82 Å². The second-order valence-corrected chi connectivity index (χ2v) is 7.92. The van der Waals surface area contributed by atoms with Crippen LogP contribution in [0.15, 0.2) is 12.3 Å². The number of nitrogens with one attached hydrogen (secondary N) is 2. The Morgan fingerprint density at radius 1 is 1.20 bits per heavy atom. The number of halogens is 3. The van der Waals surface area contributed by atoms with Crippen molar-refractivity contribution in [1.82, 2.24) is 4.98 Å². The molecule has 25 heavy (non-hydrogen) atoms. The maximum atomic E-state index is 12.9. The summed E-state index contributed by atoms with van der Waals surface area (Å²) in [4.78, 5) is 15.9. The first-order valence-electron chi connectivity index (χ1n) is 7.92. The Hall–Kier alpha value is -1.84. The molecule has 0 bridgehead atoms. The third kappa shape index (κ3) is 5.87. The van der Waals surface area contributed by atoms with E-state index in [2.05, 4.69) is 10.3 Å². The maximum Gasteiger partial charge on any atom is 0.417 e. The first-order valence-corrected chi connectivity index (χ1v) is 9.81. The molecule has 2 N–H and O–H groups in total. The molecule has 0 atom stereocenters. The topological polar surface area (TPSA) is 88.2 Å². The van der Waals surface area contributed by atoms with Crippen molar-refractivity contribution < 1.29 is 26.4 Å². The van der Waals surface area contributed by atoms with Crippen molar-refractivity contribution in [3.63, 3.8) is 0 Å². The van der Waals surface area contributed by atoms with E-state index in [1.165, 1.54) is 0 Å². The number of carbonyl (C=O) groups is 1. The highest BCUT2D eigenvalue weighted by Gasteiger charge is 2.32. The van der Waals surface area contributed by atoms with E-state index in [1.54, 1.807) is 0 Å². The van der Waals surface area contributed by atoms with Gasteiger partial charge in [0.1, 0.15) is 0 Å². The molecule has 140 valence electrons. The van der Waals surface area contributed by atoms with Gasteiger partial charge in [-0.25, -0.2) is 13.4 Å². The molecule has 6 nitrogen and oxygen atoms in total. The van der Waals surface area contributed by atoms with Crippen LogP contribution >= 0.6 is 0 Å². The molecule has 0 unspecified atom stereocenters. The zero-order chi connectivity index (χ0) is 18.7. The lowest BCUT2D eigenvalue weighted by molar-refractivity contribution is -0.137. The molecule has 1 aromatic heterocycles. The Kier molecular flexibility index (Phi) is 5.91. The fourth-order valence-electron chi connectivity index (χ4n) is 2.75. The van der Waals surface area contributed by atoms with Crippen LogP contribution in [0.2, 0.25) is 0 Å². The SMILES string of the molecule is CS(=O)(=O)Nc1ncc(C(F)(F)F)cc1NC(=O)C1CCCCCC1. The van der Waals surface area contributed by atoms with E-state index in [-0.39, 0.29) is 17.4 Å². The van der Waals surface area contributed by atoms with Crippen LogP contribution in [0.5, 0.6) is 0 Å². The summed E-state index contributed by atoms with van der Waals surface area (Å²) in [6.07, 6.45) is 1.85. The van der Waals surface area contributed by atoms with Crippen LogP contribution in [0.4, 0.5) is 24.7 Å². The monoisotopic (exact) mass is 379 g/mol. The molecule has 1 aliphatic rings. The molecule has 0 radical (unpaired) electrons. The third-order valence-corrected chi connectivity index (χ3v) is 4.55. The summed E-state index contributed by atoms with van der Waals surface area (Å²) < 4.78 is 63.5. The lowest BCUT2D eigenvalue weighted by Crippen LogP contribution is -2.24. The highest BCUT2D eigenvalue weighted by atomic mass is 32.2. The van der Waals surface area contributed by atoms with Crippen molar-refractivity contribution >= 4 is 27.4 Å². The number of hydrogen-bond donors (Lipinski definition) is 2. The first kappa shape index (κ1) is 19.5. The van der Waals surface area contributed by atoms with Crippen molar-refractivity contribution in [3.05, 3.63) is 17.8 Å². The molecule has 1 aliphatic carbocycles. The molecule has 1 fully saturated rings. The fourth-order valence-corrected chi connectivity index (χ4v) is 3.26. The second-order valence-electron chi connectivity index (χ2n) is 6.17.